The molecule has 128 valence electrons. The third-order valence-electron chi connectivity index (χ3n) is 4.12. The van der Waals surface area contributed by atoms with Gasteiger partial charge in [0.05, 0.1) is 11.1 Å². The Hall–Kier alpha value is -3.08. The summed E-state index contributed by atoms with van der Waals surface area (Å²) in [4.78, 5) is 23.8. The highest BCUT2D eigenvalue weighted by Gasteiger charge is 2.17. The van der Waals surface area contributed by atoms with Crippen LogP contribution in [0, 0.1) is 0 Å². The Kier molecular flexibility index (Phi) is 4.57. The lowest BCUT2D eigenvalue weighted by atomic mass is 10.0. The summed E-state index contributed by atoms with van der Waals surface area (Å²) in [6.07, 6.45) is 1.35. The molecule has 0 aliphatic rings. The second-order valence-corrected chi connectivity index (χ2v) is 6.14. The molecule has 2 aromatic carbocycles. The van der Waals surface area contributed by atoms with E-state index in [2.05, 4.69) is 13.8 Å². The molecule has 0 spiro atoms. The molecule has 3 rings (SSSR count). The van der Waals surface area contributed by atoms with Crippen molar-refractivity contribution in [1.82, 2.24) is 4.57 Å². The van der Waals surface area contributed by atoms with Gasteiger partial charge in [0.1, 0.15) is 5.75 Å². The van der Waals surface area contributed by atoms with Crippen LogP contribution in [0.4, 0.5) is 0 Å². The van der Waals surface area contributed by atoms with Gasteiger partial charge < -0.3 is 9.84 Å². The molecule has 3 aromatic rings. The summed E-state index contributed by atoms with van der Waals surface area (Å²) in [6, 6.07) is 14.5. The molecular weight excluding hydrogens is 318 g/mol. The molecular formula is C20H19NO4. The number of aromatic nitrogens is 1. The second kappa shape index (κ2) is 6.81. The van der Waals surface area contributed by atoms with Crippen molar-refractivity contribution in [3.05, 3.63) is 65.9 Å². The molecule has 0 fully saturated rings. The van der Waals surface area contributed by atoms with Gasteiger partial charge in [-0.05, 0) is 29.7 Å². The number of carbonyl (C=O) groups excluding carboxylic acids is 1. The summed E-state index contributed by atoms with van der Waals surface area (Å²) in [5, 5.41) is 9.83. The Morgan fingerprint density at radius 2 is 1.76 bits per heavy atom. The average molecular weight is 337 g/mol. The van der Waals surface area contributed by atoms with Crippen LogP contribution in [0.5, 0.6) is 5.75 Å². The molecule has 5 heteroatoms. The highest BCUT2D eigenvalue weighted by molar-refractivity contribution is 6.06. The normalized spacial score (nSPS) is 11.0. The van der Waals surface area contributed by atoms with E-state index in [1.54, 1.807) is 24.3 Å². The van der Waals surface area contributed by atoms with Gasteiger partial charge in [-0.25, -0.2) is 4.79 Å². The second-order valence-electron chi connectivity index (χ2n) is 6.14. The third kappa shape index (κ3) is 3.40. The number of carboxylic acids is 1. The van der Waals surface area contributed by atoms with Gasteiger partial charge in [-0.15, -0.1) is 0 Å². The lowest BCUT2D eigenvalue weighted by Crippen LogP contribution is -2.18. The van der Waals surface area contributed by atoms with E-state index in [9.17, 15) is 14.7 Å². The first-order chi connectivity index (χ1) is 12.0. The standard InChI is InChI=1S/C20H19NO4/c1-13(2)14-7-9-15(10-8-14)25-12-19(22)21-11-17(20(23)24)16-5-3-4-6-18(16)21/h3-11,13H,12H2,1-2H3,(H,23,24). The van der Waals surface area contributed by atoms with Crippen molar-refractivity contribution in [3.8, 4) is 5.75 Å². The first-order valence-electron chi connectivity index (χ1n) is 8.06. The van der Waals surface area contributed by atoms with Gasteiger partial charge in [0.2, 0.25) is 0 Å². The monoisotopic (exact) mass is 337 g/mol. The molecule has 0 aliphatic heterocycles. The predicted molar refractivity (Wildman–Crippen MR) is 95.5 cm³/mol. The fourth-order valence-electron chi connectivity index (χ4n) is 2.72. The first-order valence-corrected chi connectivity index (χ1v) is 8.06. The minimum atomic E-state index is -1.06. The number of rotatable bonds is 5. The molecule has 5 nitrogen and oxygen atoms in total. The summed E-state index contributed by atoms with van der Waals surface area (Å²) < 4.78 is 6.89. The smallest absolute Gasteiger partial charge is 0.337 e. The van der Waals surface area contributed by atoms with Crippen LogP contribution in [0.15, 0.2) is 54.7 Å². The minimum absolute atomic E-state index is 0.102. The van der Waals surface area contributed by atoms with Gasteiger partial charge >= 0.3 is 5.97 Å². The van der Waals surface area contributed by atoms with Gasteiger partial charge in [-0.2, -0.15) is 0 Å². The topological polar surface area (TPSA) is 68.5 Å². The fraction of sp³-hybridized carbons (Fsp3) is 0.200. The maximum atomic E-state index is 12.5. The number of hydrogen-bond acceptors (Lipinski definition) is 3. The van der Waals surface area contributed by atoms with E-state index in [1.165, 1.54) is 16.3 Å². The third-order valence-corrected chi connectivity index (χ3v) is 4.12. The van der Waals surface area contributed by atoms with Crippen molar-refractivity contribution < 1.29 is 19.4 Å². The summed E-state index contributed by atoms with van der Waals surface area (Å²) in [7, 11) is 0. The van der Waals surface area contributed by atoms with Crippen LogP contribution >= 0.6 is 0 Å². The van der Waals surface area contributed by atoms with Gasteiger partial charge in [0.15, 0.2) is 6.61 Å². The Balaban J connectivity index is 1.80. The molecule has 1 N–H and O–H groups in total. The number of carbonyl (C=O) groups is 2. The number of fused-ring (bicyclic) bond motifs is 1. The van der Waals surface area contributed by atoms with E-state index < -0.39 is 5.97 Å². The highest BCUT2D eigenvalue weighted by atomic mass is 16.5. The van der Waals surface area contributed by atoms with Crippen molar-refractivity contribution in [1.29, 1.82) is 0 Å². The minimum Gasteiger partial charge on any atom is -0.484 e. The molecule has 0 radical (unpaired) electrons. The van der Waals surface area contributed by atoms with Gasteiger partial charge in [0, 0.05) is 11.6 Å². The van der Waals surface area contributed by atoms with Gasteiger partial charge in [-0.1, -0.05) is 44.2 Å². The van der Waals surface area contributed by atoms with Crippen LogP contribution in [0.25, 0.3) is 10.9 Å². The molecule has 0 aliphatic carbocycles. The highest BCUT2D eigenvalue weighted by Crippen LogP contribution is 2.22. The lowest BCUT2D eigenvalue weighted by Gasteiger charge is -2.09. The van der Waals surface area contributed by atoms with Crippen molar-refractivity contribution >= 4 is 22.8 Å². The molecule has 0 unspecified atom stereocenters. The van der Waals surface area contributed by atoms with Crippen molar-refractivity contribution in [2.45, 2.75) is 19.8 Å². The summed E-state index contributed by atoms with van der Waals surface area (Å²) in [6.45, 7) is 4.05. The molecule has 1 heterocycles. The van der Waals surface area contributed by atoms with Crippen molar-refractivity contribution in [3.63, 3.8) is 0 Å². The summed E-state index contributed by atoms with van der Waals surface area (Å²) >= 11 is 0. The van der Waals surface area contributed by atoms with Crippen molar-refractivity contribution in [2.75, 3.05) is 6.61 Å². The fourth-order valence-corrected chi connectivity index (χ4v) is 2.72. The zero-order chi connectivity index (χ0) is 18.0. The van der Waals surface area contributed by atoms with E-state index in [0.29, 0.717) is 22.6 Å². The Morgan fingerprint density at radius 3 is 2.40 bits per heavy atom. The molecule has 0 amide bonds. The number of ether oxygens (including phenoxy) is 1. The number of carboxylic acid groups (broad SMARTS) is 1. The summed E-state index contributed by atoms with van der Waals surface area (Å²) in [5.41, 5.74) is 1.86. The number of para-hydroxylation sites is 1. The van der Waals surface area contributed by atoms with E-state index in [1.807, 2.05) is 24.3 Å². The SMILES string of the molecule is CC(C)c1ccc(OCC(=O)n2cc(C(=O)O)c3ccccc32)cc1. The zero-order valence-electron chi connectivity index (χ0n) is 14.1. The molecule has 0 saturated heterocycles. The van der Waals surface area contributed by atoms with Crippen LogP contribution in [-0.2, 0) is 0 Å². The number of hydrogen-bond donors (Lipinski definition) is 1. The Labute approximate surface area is 145 Å². The molecule has 25 heavy (non-hydrogen) atoms. The number of aromatic carboxylic acids is 1. The van der Waals surface area contributed by atoms with Crippen LogP contribution in [0.3, 0.4) is 0 Å². The van der Waals surface area contributed by atoms with Crippen LogP contribution in [-0.4, -0.2) is 28.2 Å². The Morgan fingerprint density at radius 1 is 1.08 bits per heavy atom. The number of benzene rings is 2. The zero-order valence-corrected chi connectivity index (χ0v) is 14.1. The first kappa shape index (κ1) is 16.8. The number of nitrogens with zero attached hydrogens (tertiary/aromatic N) is 1. The van der Waals surface area contributed by atoms with Crippen molar-refractivity contribution in [2.24, 2.45) is 0 Å². The van der Waals surface area contributed by atoms with Crippen LogP contribution in [0.2, 0.25) is 0 Å². The lowest BCUT2D eigenvalue weighted by molar-refractivity contribution is 0.0699. The largest absolute Gasteiger partial charge is 0.484 e. The molecule has 0 saturated carbocycles. The van der Waals surface area contributed by atoms with Gasteiger partial charge in [0.25, 0.3) is 5.91 Å². The molecule has 0 atom stereocenters. The average Bonchev–Trinajstić information content (AvgIpc) is 3.00. The maximum absolute atomic E-state index is 12.5. The predicted octanol–water partition coefficient (Wildman–Crippen LogP) is 4.18. The van der Waals surface area contributed by atoms with E-state index in [-0.39, 0.29) is 18.1 Å². The van der Waals surface area contributed by atoms with Crippen LogP contribution < -0.4 is 4.74 Å². The molecule has 0 bridgehead atoms. The molecule has 1 aromatic heterocycles. The Bertz CT molecular complexity index is 923. The van der Waals surface area contributed by atoms with E-state index in [0.717, 1.165) is 0 Å². The summed E-state index contributed by atoms with van der Waals surface area (Å²) in [5.74, 6) is -0.353. The maximum Gasteiger partial charge on any atom is 0.337 e. The van der Waals surface area contributed by atoms with E-state index >= 15 is 0 Å². The van der Waals surface area contributed by atoms with E-state index in [4.69, 9.17) is 4.74 Å². The van der Waals surface area contributed by atoms with Gasteiger partial charge in [-0.3, -0.25) is 9.36 Å². The van der Waals surface area contributed by atoms with Crippen LogP contribution in [0.1, 0.15) is 40.5 Å². The quantitative estimate of drug-likeness (QED) is 0.758.